The van der Waals surface area contributed by atoms with Crippen LogP contribution in [0.15, 0.2) is 24.3 Å². The summed E-state index contributed by atoms with van der Waals surface area (Å²) in [5, 5.41) is 6.30. The Morgan fingerprint density at radius 3 is 2.92 bits per heavy atom. The standard InChI is InChI=1S/C18H25N3O3/c1-2-24-16(22)14-6-3-4-7-15(14)20-17(23)21-11-5-8-18(13-21)9-10-19-12-18/h3-4,6-7,19H,2,5,8-13H2,1H3,(H,20,23). The number of hydrogen-bond donors (Lipinski definition) is 2. The first-order valence-electron chi connectivity index (χ1n) is 8.66. The van der Waals surface area contributed by atoms with Crippen molar-refractivity contribution in [1.82, 2.24) is 10.2 Å². The number of nitrogens with zero attached hydrogens (tertiary/aromatic N) is 1. The third-order valence-electron chi connectivity index (χ3n) is 4.94. The second-order valence-corrected chi connectivity index (χ2v) is 6.65. The fourth-order valence-corrected chi connectivity index (χ4v) is 3.70. The summed E-state index contributed by atoms with van der Waals surface area (Å²) in [5.41, 5.74) is 1.11. The van der Waals surface area contributed by atoms with E-state index in [-0.39, 0.29) is 11.4 Å². The number of esters is 1. The Balaban J connectivity index is 1.70. The highest BCUT2D eigenvalue weighted by Crippen LogP contribution is 2.35. The minimum Gasteiger partial charge on any atom is -0.462 e. The molecule has 2 aliphatic heterocycles. The van der Waals surface area contributed by atoms with Crippen molar-refractivity contribution in [3.8, 4) is 0 Å². The van der Waals surface area contributed by atoms with Crippen molar-refractivity contribution in [3.05, 3.63) is 29.8 Å². The molecule has 130 valence electrons. The zero-order valence-electron chi connectivity index (χ0n) is 14.1. The quantitative estimate of drug-likeness (QED) is 0.835. The largest absolute Gasteiger partial charge is 0.462 e. The Morgan fingerprint density at radius 2 is 2.17 bits per heavy atom. The van der Waals surface area contributed by atoms with Crippen LogP contribution >= 0.6 is 0 Å². The Kier molecular flexibility index (Phi) is 5.04. The summed E-state index contributed by atoms with van der Waals surface area (Å²) in [4.78, 5) is 26.6. The molecule has 2 N–H and O–H groups in total. The maximum absolute atomic E-state index is 12.7. The van der Waals surface area contributed by atoms with E-state index in [4.69, 9.17) is 4.74 Å². The maximum Gasteiger partial charge on any atom is 0.340 e. The highest BCUT2D eigenvalue weighted by Gasteiger charge is 2.39. The van der Waals surface area contributed by atoms with E-state index in [2.05, 4.69) is 10.6 Å². The monoisotopic (exact) mass is 331 g/mol. The van der Waals surface area contributed by atoms with E-state index in [9.17, 15) is 9.59 Å². The van der Waals surface area contributed by atoms with Crippen LogP contribution in [0.1, 0.15) is 36.5 Å². The number of nitrogens with one attached hydrogen (secondary N) is 2. The molecule has 0 radical (unpaired) electrons. The molecule has 0 saturated carbocycles. The highest BCUT2D eigenvalue weighted by molar-refractivity contribution is 6.00. The van der Waals surface area contributed by atoms with Gasteiger partial charge in [-0.05, 0) is 44.9 Å². The molecule has 2 heterocycles. The molecule has 0 bridgehead atoms. The van der Waals surface area contributed by atoms with Crippen molar-refractivity contribution in [2.24, 2.45) is 5.41 Å². The topological polar surface area (TPSA) is 70.7 Å². The third kappa shape index (κ3) is 3.53. The van der Waals surface area contributed by atoms with Crippen LogP contribution in [-0.4, -0.2) is 49.7 Å². The highest BCUT2D eigenvalue weighted by atomic mass is 16.5. The van der Waals surface area contributed by atoms with Crippen LogP contribution in [-0.2, 0) is 4.74 Å². The molecular weight excluding hydrogens is 306 g/mol. The Labute approximate surface area is 142 Å². The Morgan fingerprint density at radius 1 is 1.33 bits per heavy atom. The predicted octanol–water partition coefficient (Wildman–Crippen LogP) is 2.47. The minimum atomic E-state index is -0.413. The van der Waals surface area contributed by atoms with Gasteiger partial charge in [0.05, 0.1) is 17.9 Å². The van der Waals surface area contributed by atoms with Gasteiger partial charge in [0.1, 0.15) is 0 Å². The van der Waals surface area contributed by atoms with Gasteiger partial charge in [-0.3, -0.25) is 0 Å². The molecule has 0 aliphatic carbocycles. The third-order valence-corrected chi connectivity index (χ3v) is 4.94. The van der Waals surface area contributed by atoms with Crippen LogP contribution in [0.2, 0.25) is 0 Å². The van der Waals surface area contributed by atoms with Crippen LogP contribution in [0.5, 0.6) is 0 Å². The first-order chi connectivity index (χ1) is 11.6. The Hall–Kier alpha value is -2.08. The molecule has 0 aromatic heterocycles. The van der Waals surface area contributed by atoms with E-state index in [0.717, 1.165) is 39.0 Å². The summed E-state index contributed by atoms with van der Waals surface area (Å²) in [5.74, 6) is -0.413. The minimum absolute atomic E-state index is 0.141. The van der Waals surface area contributed by atoms with Crippen LogP contribution < -0.4 is 10.6 Å². The summed E-state index contributed by atoms with van der Waals surface area (Å²) in [7, 11) is 0. The van der Waals surface area contributed by atoms with E-state index in [1.807, 2.05) is 4.90 Å². The summed E-state index contributed by atoms with van der Waals surface area (Å²) >= 11 is 0. The lowest BCUT2D eigenvalue weighted by Gasteiger charge is -2.40. The SMILES string of the molecule is CCOC(=O)c1ccccc1NC(=O)N1CCCC2(CCNC2)C1. The van der Waals surface area contributed by atoms with Crippen molar-refractivity contribution in [2.45, 2.75) is 26.2 Å². The van der Waals surface area contributed by atoms with Gasteiger partial charge in [-0.15, -0.1) is 0 Å². The van der Waals surface area contributed by atoms with Crippen molar-refractivity contribution >= 4 is 17.7 Å². The number of carbonyl (C=O) groups excluding carboxylic acids is 2. The van der Waals surface area contributed by atoms with Gasteiger partial charge in [0, 0.05) is 25.0 Å². The molecule has 24 heavy (non-hydrogen) atoms. The summed E-state index contributed by atoms with van der Waals surface area (Å²) < 4.78 is 5.06. The molecule has 6 heteroatoms. The molecule has 1 aromatic carbocycles. The van der Waals surface area contributed by atoms with Crippen molar-refractivity contribution < 1.29 is 14.3 Å². The first kappa shape index (κ1) is 16.8. The van der Waals surface area contributed by atoms with Crippen LogP contribution in [0.4, 0.5) is 10.5 Å². The molecule has 1 unspecified atom stereocenters. The number of carbonyl (C=O) groups is 2. The molecule has 2 aliphatic rings. The van der Waals surface area contributed by atoms with Gasteiger partial charge in [0.15, 0.2) is 0 Å². The van der Waals surface area contributed by atoms with E-state index in [1.165, 1.54) is 6.42 Å². The van der Waals surface area contributed by atoms with E-state index < -0.39 is 5.97 Å². The maximum atomic E-state index is 12.7. The molecule has 2 amide bonds. The zero-order valence-corrected chi connectivity index (χ0v) is 14.1. The summed E-state index contributed by atoms with van der Waals surface area (Å²) in [6.45, 7) is 5.62. The lowest BCUT2D eigenvalue weighted by molar-refractivity contribution is 0.0527. The lowest BCUT2D eigenvalue weighted by Crippen LogP contribution is -2.48. The molecule has 2 saturated heterocycles. The average molecular weight is 331 g/mol. The molecule has 2 fully saturated rings. The number of piperidine rings is 1. The number of para-hydroxylation sites is 1. The van der Waals surface area contributed by atoms with E-state index in [1.54, 1.807) is 31.2 Å². The number of urea groups is 1. The average Bonchev–Trinajstić information content (AvgIpc) is 3.03. The first-order valence-corrected chi connectivity index (χ1v) is 8.66. The number of amides is 2. The normalized spacial score (nSPS) is 23.3. The van der Waals surface area contributed by atoms with E-state index >= 15 is 0 Å². The van der Waals surface area contributed by atoms with Gasteiger partial charge in [0.25, 0.3) is 0 Å². The zero-order chi connectivity index (χ0) is 17.0. The molecular formula is C18H25N3O3. The van der Waals surface area contributed by atoms with Gasteiger partial charge in [-0.2, -0.15) is 0 Å². The predicted molar refractivity (Wildman–Crippen MR) is 92.1 cm³/mol. The number of hydrogen-bond acceptors (Lipinski definition) is 4. The summed E-state index contributed by atoms with van der Waals surface area (Å²) in [6.07, 6.45) is 3.31. The second kappa shape index (κ2) is 7.21. The smallest absolute Gasteiger partial charge is 0.340 e. The van der Waals surface area contributed by atoms with Crippen molar-refractivity contribution in [3.63, 3.8) is 0 Å². The number of benzene rings is 1. The molecule has 1 atom stereocenters. The van der Waals surface area contributed by atoms with Crippen molar-refractivity contribution in [2.75, 3.05) is 38.1 Å². The van der Waals surface area contributed by atoms with E-state index in [0.29, 0.717) is 17.9 Å². The fourth-order valence-electron chi connectivity index (χ4n) is 3.70. The fraction of sp³-hybridized carbons (Fsp3) is 0.556. The van der Waals surface area contributed by atoms with Crippen molar-refractivity contribution in [1.29, 1.82) is 0 Å². The molecule has 1 spiro atoms. The molecule has 1 aromatic rings. The van der Waals surface area contributed by atoms with Gasteiger partial charge in [-0.1, -0.05) is 12.1 Å². The number of ether oxygens (including phenoxy) is 1. The molecule has 6 nitrogen and oxygen atoms in total. The number of rotatable bonds is 3. The van der Waals surface area contributed by atoms with Gasteiger partial charge >= 0.3 is 12.0 Å². The number of likely N-dealkylation sites (tertiary alicyclic amines) is 1. The second-order valence-electron chi connectivity index (χ2n) is 6.65. The number of anilines is 1. The molecule has 3 rings (SSSR count). The Bertz CT molecular complexity index is 611. The van der Waals surface area contributed by atoms with Crippen LogP contribution in [0.25, 0.3) is 0 Å². The van der Waals surface area contributed by atoms with Gasteiger partial charge in [0.2, 0.25) is 0 Å². The van der Waals surface area contributed by atoms with Gasteiger partial charge in [-0.25, -0.2) is 9.59 Å². The van der Waals surface area contributed by atoms with Crippen LogP contribution in [0, 0.1) is 5.41 Å². The van der Waals surface area contributed by atoms with Crippen LogP contribution in [0.3, 0.4) is 0 Å². The van der Waals surface area contributed by atoms with Gasteiger partial charge < -0.3 is 20.3 Å². The lowest BCUT2D eigenvalue weighted by atomic mass is 9.79. The summed E-state index contributed by atoms with van der Waals surface area (Å²) in [6, 6.07) is 6.84.